The van der Waals surface area contributed by atoms with Gasteiger partial charge in [-0.15, -0.1) is 0 Å². The van der Waals surface area contributed by atoms with Gasteiger partial charge in [-0.3, -0.25) is 4.79 Å². The van der Waals surface area contributed by atoms with Gasteiger partial charge in [0.25, 0.3) is 0 Å². The van der Waals surface area contributed by atoms with Crippen molar-refractivity contribution in [1.29, 1.82) is 0 Å². The zero-order valence-electron chi connectivity index (χ0n) is 10.1. The van der Waals surface area contributed by atoms with Crippen molar-refractivity contribution in [3.8, 4) is 5.75 Å². The molecule has 16 heavy (non-hydrogen) atoms. The lowest BCUT2D eigenvalue weighted by molar-refractivity contribution is 0.0976. The Bertz CT molecular complexity index is 372. The van der Waals surface area contributed by atoms with E-state index < -0.39 is 0 Å². The molecule has 0 bridgehead atoms. The van der Waals surface area contributed by atoms with Crippen LogP contribution in [-0.4, -0.2) is 18.9 Å². The van der Waals surface area contributed by atoms with Crippen molar-refractivity contribution >= 4 is 5.78 Å². The second kappa shape index (κ2) is 5.66. The number of rotatable bonds is 5. The van der Waals surface area contributed by atoms with Crippen LogP contribution in [-0.2, 0) is 6.42 Å². The molecule has 0 saturated heterocycles. The number of methoxy groups -OCH3 is 1. The molecule has 1 aromatic rings. The third kappa shape index (κ3) is 3.07. The van der Waals surface area contributed by atoms with Gasteiger partial charge in [0.05, 0.1) is 7.11 Å². The normalized spacial score (nSPS) is 12.2. The summed E-state index contributed by atoms with van der Waals surface area (Å²) in [5, 5.41) is 0. The van der Waals surface area contributed by atoms with Crippen LogP contribution in [0.15, 0.2) is 18.2 Å². The monoisotopic (exact) mass is 221 g/mol. The minimum Gasteiger partial charge on any atom is -0.496 e. The predicted molar refractivity (Wildman–Crippen MR) is 65.0 cm³/mol. The van der Waals surface area contributed by atoms with Crippen LogP contribution in [0, 0.1) is 0 Å². The number of ether oxygens (including phenoxy) is 1. The van der Waals surface area contributed by atoms with E-state index in [1.165, 1.54) is 0 Å². The average molecular weight is 221 g/mol. The van der Waals surface area contributed by atoms with Gasteiger partial charge in [-0.2, -0.15) is 0 Å². The number of carbonyl (C=O) groups is 1. The van der Waals surface area contributed by atoms with Gasteiger partial charge in [-0.1, -0.05) is 6.92 Å². The van der Waals surface area contributed by atoms with E-state index in [2.05, 4.69) is 0 Å². The van der Waals surface area contributed by atoms with Crippen LogP contribution < -0.4 is 10.5 Å². The maximum Gasteiger partial charge on any atom is 0.164 e. The van der Waals surface area contributed by atoms with Crippen LogP contribution in [0.2, 0.25) is 0 Å². The first-order chi connectivity index (χ1) is 7.58. The minimum absolute atomic E-state index is 0.0901. The van der Waals surface area contributed by atoms with E-state index in [1.54, 1.807) is 13.2 Å². The standard InChI is InChI=1S/C13H19NO2/c1-4-10-8-11(5-6-13(10)16-3)12(15)7-9(2)14/h5-6,8-9H,4,7,14H2,1-3H3. The van der Waals surface area contributed by atoms with Crippen LogP contribution in [0.3, 0.4) is 0 Å². The molecule has 0 fully saturated rings. The summed E-state index contributed by atoms with van der Waals surface area (Å²) in [6.45, 7) is 3.87. The Morgan fingerprint density at radius 2 is 2.19 bits per heavy atom. The minimum atomic E-state index is -0.0975. The number of carbonyl (C=O) groups excluding carboxylic acids is 1. The first-order valence-electron chi connectivity index (χ1n) is 5.54. The van der Waals surface area contributed by atoms with Crippen LogP contribution in [0.5, 0.6) is 5.75 Å². The Kier molecular flexibility index (Phi) is 4.50. The van der Waals surface area contributed by atoms with Gasteiger partial charge >= 0.3 is 0 Å². The number of nitrogens with two attached hydrogens (primary N) is 1. The van der Waals surface area contributed by atoms with Crippen molar-refractivity contribution in [2.45, 2.75) is 32.7 Å². The second-order valence-corrected chi connectivity index (χ2v) is 3.98. The average Bonchev–Trinajstić information content (AvgIpc) is 2.27. The fourth-order valence-corrected chi connectivity index (χ4v) is 1.64. The summed E-state index contributed by atoms with van der Waals surface area (Å²) >= 11 is 0. The van der Waals surface area contributed by atoms with E-state index in [-0.39, 0.29) is 11.8 Å². The first kappa shape index (κ1) is 12.7. The van der Waals surface area contributed by atoms with Crippen LogP contribution >= 0.6 is 0 Å². The summed E-state index contributed by atoms with van der Waals surface area (Å²) in [7, 11) is 1.64. The molecule has 1 unspecified atom stereocenters. The quantitative estimate of drug-likeness (QED) is 0.775. The fraction of sp³-hybridized carbons (Fsp3) is 0.462. The van der Waals surface area contributed by atoms with E-state index in [9.17, 15) is 4.79 Å². The topological polar surface area (TPSA) is 52.3 Å². The summed E-state index contributed by atoms with van der Waals surface area (Å²) in [5.74, 6) is 0.923. The molecule has 3 heteroatoms. The molecule has 0 aromatic heterocycles. The Hall–Kier alpha value is -1.35. The van der Waals surface area contributed by atoms with Gasteiger partial charge in [0.15, 0.2) is 5.78 Å². The Labute approximate surface area is 96.6 Å². The SMILES string of the molecule is CCc1cc(C(=O)CC(C)N)ccc1OC. The number of Topliss-reactive ketones (excluding diaryl/α,β-unsaturated/α-hetero) is 1. The number of aryl methyl sites for hydroxylation is 1. The molecule has 0 saturated carbocycles. The molecule has 1 rings (SSSR count). The summed E-state index contributed by atoms with van der Waals surface area (Å²) in [6, 6.07) is 5.43. The summed E-state index contributed by atoms with van der Waals surface area (Å²) in [5.41, 5.74) is 7.38. The molecule has 0 aliphatic rings. The van der Waals surface area contributed by atoms with E-state index in [0.29, 0.717) is 6.42 Å². The van der Waals surface area contributed by atoms with Gasteiger partial charge in [0.2, 0.25) is 0 Å². The Morgan fingerprint density at radius 1 is 1.50 bits per heavy atom. The zero-order chi connectivity index (χ0) is 12.1. The highest BCUT2D eigenvalue weighted by atomic mass is 16.5. The Balaban J connectivity index is 2.94. The molecular formula is C13H19NO2. The van der Waals surface area contributed by atoms with Gasteiger partial charge in [0, 0.05) is 18.0 Å². The molecule has 3 nitrogen and oxygen atoms in total. The highest BCUT2D eigenvalue weighted by Crippen LogP contribution is 2.21. The smallest absolute Gasteiger partial charge is 0.164 e. The lowest BCUT2D eigenvalue weighted by atomic mass is 10.0. The van der Waals surface area contributed by atoms with Gasteiger partial charge in [-0.25, -0.2) is 0 Å². The second-order valence-electron chi connectivity index (χ2n) is 3.98. The first-order valence-corrected chi connectivity index (χ1v) is 5.54. The number of hydrogen-bond donors (Lipinski definition) is 1. The third-order valence-corrected chi connectivity index (χ3v) is 2.49. The highest BCUT2D eigenvalue weighted by molar-refractivity contribution is 5.96. The molecule has 0 radical (unpaired) electrons. The summed E-state index contributed by atoms with van der Waals surface area (Å²) < 4.78 is 5.22. The molecule has 88 valence electrons. The van der Waals surface area contributed by atoms with Gasteiger partial charge < -0.3 is 10.5 Å². The molecule has 2 N–H and O–H groups in total. The fourth-order valence-electron chi connectivity index (χ4n) is 1.64. The van der Waals surface area contributed by atoms with Crippen molar-refractivity contribution in [1.82, 2.24) is 0 Å². The van der Waals surface area contributed by atoms with E-state index >= 15 is 0 Å². The summed E-state index contributed by atoms with van der Waals surface area (Å²) in [4.78, 5) is 11.8. The van der Waals surface area contributed by atoms with E-state index in [0.717, 1.165) is 23.3 Å². The van der Waals surface area contributed by atoms with Gasteiger partial charge in [-0.05, 0) is 37.1 Å². The van der Waals surface area contributed by atoms with Crippen LogP contribution in [0.1, 0.15) is 36.2 Å². The van der Waals surface area contributed by atoms with E-state index in [4.69, 9.17) is 10.5 Å². The molecule has 1 aromatic carbocycles. The van der Waals surface area contributed by atoms with Crippen molar-refractivity contribution in [3.05, 3.63) is 29.3 Å². The lowest BCUT2D eigenvalue weighted by Gasteiger charge is -2.09. The maximum atomic E-state index is 11.8. The molecule has 0 spiro atoms. The molecule has 0 aliphatic carbocycles. The number of benzene rings is 1. The Morgan fingerprint density at radius 3 is 2.69 bits per heavy atom. The van der Waals surface area contributed by atoms with Crippen molar-refractivity contribution in [2.75, 3.05) is 7.11 Å². The largest absolute Gasteiger partial charge is 0.496 e. The van der Waals surface area contributed by atoms with Crippen LogP contribution in [0.4, 0.5) is 0 Å². The van der Waals surface area contributed by atoms with Crippen molar-refractivity contribution in [2.24, 2.45) is 5.73 Å². The number of hydrogen-bond acceptors (Lipinski definition) is 3. The molecular weight excluding hydrogens is 202 g/mol. The van der Waals surface area contributed by atoms with Gasteiger partial charge in [0.1, 0.15) is 5.75 Å². The predicted octanol–water partition coefficient (Wildman–Crippen LogP) is 2.18. The molecule has 0 aliphatic heterocycles. The maximum absolute atomic E-state index is 11.8. The zero-order valence-corrected chi connectivity index (χ0v) is 10.1. The molecule has 0 heterocycles. The number of ketones is 1. The van der Waals surface area contributed by atoms with Crippen molar-refractivity contribution < 1.29 is 9.53 Å². The lowest BCUT2D eigenvalue weighted by Crippen LogP contribution is -2.19. The highest BCUT2D eigenvalue weighted by Gasteiger charge is 2.10. The molecule has 1 atom stereocenters. The molecule has 0 amide bonds. The third-order valence-electron chi connectivity index (χ3n) is 2.49. The van der Waals surface area contributed by atoms with Crippen LogP contribution in [0.25, 0.3) is 0 Å². The summed E-state index contributed by atoms with van der Waals surface area (Å²) in [6.07, 6.45) is 1.23. The van der Waals surface area contributed by atoms with Crippen molar-refractivity contribution in [3.63, 3.8) is 0 Å². The van der Waals surface area contributed by atoms with E-state index in [1.807, 2.05) is 26.0 Å².